The third kappa shape index (κ3) is 5.35. The summed E-state index contributed by atoms with van der Waals surface area (Å²) >= 11 is 0. The number of rotatable bonds is 6. The monoisotopic (exact) mass is 369 g/mol. The molecule has 0 atom stereocenters. The number of hydrogen-bond acceptors (Lipinski definition) is 5. The van der Waals surface area contributed by atoms with Gasteiger partial charge in [0.1, 0.15) is 11.6 Å². The normalized spacial score (nSPS) is 11.0. The maximum Gasteiger partial charge on any atom is 0.338 e. The molecule has 9 heteroatoms. The molecule has 1 N–H and O–H groups in total. The topological polar surface area (TPSA) is 89.5 Å². The van der Waals surface area contributed by atoms with Gasteiger partial charge in [-0.1, -0.05) is 0 Å². The Morgan fingerprint density at radius 3 is 2.32 bits per heavy atom. The quantitative estimate of drug-likeness (QED) is 0.624. The molecule has 2 aromatic carbocycles. The average molecular weight is 369 g/mol. The second-order valence-corrected chi connectivity index (χ2v) is 6.82. The van der Waals surface area contributed by atoms with Crippen LogP contribution in [0.15, 0.2) is 42.5 Å². The van der Waals surface area contributed by atoms with Crippen LogP contribution in [0.5, 0.6) is 0 Å². The second kappa shape index (κ2) is 7.39. The Morgan fingerprint density at radius 2 is 1.72 bits per heavy atom. The summed E-state index contributed by atoms with van der Waals surface area (Å²) in [4.78, 5) is 23.7. The number of carbonyl (C=O) groups is 2. The van der Waals surface area contributed by atoms with Gasteiger partial charge >= 0.3 is 5.97 Å². The van der Waals surface area contributed by atoms with Crippen molar-refractivity contribution in [1.82, 2.24) is 0 Å². The summed E-state index contributed by atoms with van der Waals surface area (Å²) in [6, 6.07) is 7.66. The third-order valence-electron chi connectivity index (χ3n) is 2.99. The van der Waals surface area contributed by atoms with Gasteiger partial charge in [0.2, 0.25) is 15.8 Å². The van der Waals surface area contributed by atoms with Crippen LogP contribution in [0.3, 0.4) is 0 Å². The Kier molecular flexibility index (Phi) is 5.48. The molecule has 0 fully saturated rings. The molecule has 0 saturated heterocycles. The lowest BCUT2D eigenvalue weighted by molar-refractivity contribution is 0.0473. The number of esters is 1. The fourth-order valence-electron chi connectivity index (χ4n) is 1.89. The molecule has 2 rings (SSSR count). The van der Waals surface area contributed by atoms with Gasteiger partial charge in [-0.15, -0.1) is 0 Å². The van der Waals surface area contributed by atoms with E-state index in [1.165, 1.54) is 24.3 Å². The van der Waals surface area contributed by atoms with E-state index in [2.05, 4.69) is 4.72 Å². The third-order valence-corrected chi connectivity index (χ3v) is 3.59. The number of ether oxygens (including phenoxy) is 1. The zero-order chi connectivity index (χ0) is 18.6. The minimum Gasteiger partial charge on any atom is -0.454 e. The lowest BCUT2D eigenvalue weighted by atomic mass is 10.1. The van der Waals surface area contributed by atoms with Crippen molar-refractivity contribution in [2.45, 2.75) is 0 Å². The molecule has 2 aromatic rings. The Hall–Kier alpha value is -2.81. The summed E-state index contributed by atoms with van der Waals surface area (Å²) in [5.41, 5.74) is -0.205. The van der Waals surface area contributed by atoms with Crippen LogP contribution in [-0.4, -0.2) is 33.0 Å². The number of carbonyl (C=O) groups excluding carboxylic acids is 2. The van der Waals surface area contributed by atoms with Crippen LogP contribution >= 0.6 is 0 Å². The van der Waals surface area contributed by atoms with Crippen molar-refractivity contribution in [1.29, 1.82) is 0 Å². The lowest BCUT2D eigenvalue weighted by Gasteiger charge is -2.07. The van der Waals surface area contributed by atoms with Crippen molar-refractivity contribution in [3.63, 3.8) is 0 Å². The van der Waals surface area contributed by atoms with Crippen molar-refractivity contribution >= 4 is 27.5 Å². The number of benzene rings is 2. The zero-order valence-electron chi connectivity index (χ0n) is 13.0. The molecular formula is C16H13F2NO5S. The first kappa shape index (κ1) is 18.5. The van der Waals surface area contributed by atoms with E-state index in [1.807, 2.05) is 0 Å². The first-order chi connectivity index (χ1) is 11.7. The van der Waals surface area contributed by atoms with E-state index < -0.39 is 45.6 Å². The summed E-state index contributed by atoms with van der Waals surface area (Å²) in [5, 5.41) is 0. The van der Waals surface area contributed by atoms with Crippen LogP contribution in [0, 0.1) is 11.6 Å². The van der Waals surface area contributed by atoms with Crippen molar-refractivity contribution in [3.05, 3.63) is 65.2 Å². The van der Waals surface area contributed by atoms with E-state index >= 15 is 0 Å². The Morgan fingerprint density at radius 1 is 1.08 bits per heavy atom. The van der Waals surface area contributed by atoms with Gasteiger partial charge in [0.05, 0.1) is 17.4 Å². The predicted octanol–water partition coefficient (Wildman–Crippen LogP) is 2.38. The SMILES string of the molecule is CS(=O)(=O)Nc1ccc(C(=O)OCC(=O)c2cc(F)ccc2F)cc1. The molecule has 25 heavy (non-hydrogen) atoms. The molecule has 0 amide bonds. The molecule has 0 heterocycles. The van der Waals surface area contributed by atoms with Crippen molar-refractivity contribution in [3.8, 4) is 0 Å². The van der Waals surface area contributed by atoms with E-state index in [-0.39, 0.29) is 11.3 Å². The van der Waals surface area contributed by atoms with Gasteiger partial charge in [0, 0.05) is 5.69 Å². The minimum absolute atomic E-state index is 0.0616. The summed E-state index contributed by atoms with van der Waals surface area (Å²) in [7, 11) is -3.45. The molecule has 0 unspecified atom stereocenters. The van der Waals surface area contributed by atoms with Crippen molar-refractivity contribution in [2.75, 3.05) is 17.6 Å². The highest BCUT2D eigenvalue weighted by Crippen LogP contribution is 2.13. The van der Waals surface area contributed by atoms with Gasteiger partial charge in [-0.2, -0.15) is 0 Å². The van der Waals surface area contributed by atoms with E-state index in [4.69, 9.17) is 4.74 Å². The highest BCUT2D eigenvalue weighted by Gasteiger charge is 2.16. The molecule has 0 spiro atoms. The van der Waals surface area contributed by atoms with Crippen LogP contribution in [0.1, 0.15) is 20.7 Å². The summed E-state index contributed by atoms with van der Waals surface area (Å²) in [6.07, 6.45) is 0.979. The van der Waals surface area contributed by atoms with Gasteiger partial charge < -0.3 is 4.74 Å². The van der Waals surface area contributed by atoms with Crippen LogP contribution in [0.4, 0.5) is 14.5 Å². The van der Waals surface area contributed by atoms with E-state index in [0.717, 1.165) is 24.5 Å². The predicted molar refractivity (Wildman–Crippen MR) is 85.9 cm³/mol. The Balaban J connectivity index is 2.00. The van der Waals surface area contributed by atoms with Crippen molar-refractivity contribution in [2.24, 2.45) is 0 Å². The first-order valence-electron chi connectivity index (χ1n) is 6.89. The fraction of sp³-hybridized carbons (Fsp3) is 0.125. The number of halogens is 2. The molecule has 0 radical (unpaired) electrons. The maximum absolute atomic E-state index is 13.5. The maximum atomic E-state index is 13.5. The molecule has 0 aliphatic heterocycles. The molecular weight excluding hydrogens is 356 g/mol. The van der Waals surface area contributed by atoms with E-state index in [0.29, 0.717) is 0 Å². The molecule has 132 valence electrons. The fourth-order valence-corrected chi connectivity index (χ4v) is 2.46. The standard InChI is InChI=1S/C16H13F2NO5S/c1-25(22,23)19-12-5-2-10(3-6-12)16(21)24-9-15(20)13-8-11(17)4-7-14(13)18/h2-8,19H,9H2,1H3. The van der Waals surface area contributed by atoms with Crippen LogP contribution < -0.4 is 4.72 Å². The summed E-state index contributed by atoms with van der Waals surface area (Å²) < 4.78 is 55.7. The minimum atomic E-state index is -3.45. The molecule has 0 saturated carbocycles. The number of anilines is 1. The number of hydrogen-bond donors (Lipinski definition) is 1. The smallest absolute Gasteiger partial charge is 0.338 e. The highest BCUT2D eigenvalue weighted by atomic mass is 32.2. The average Bonchev–Trinajstić information content (AvgIpc) is 2.53. The summed E-state index contributed by atoms with van der Waals surface area (Å²) in [6.45, 7) is -0.761. The summed E-state index contributed by atoms with van der Waals surface area (Å²) in [5.74, 6) is -3.46. The molecule has 0 aliphatic carbocycles. The van der Waals surface area contributed by atoms with Gasteiger partial charge in [0.25, 0.3) is 0 Å². The molecule has 0 bridgehead atoms. The van der Waals surface area contributed by atoms with Crippen LogP contribution in [0.25, 0.3) is 0 Å². The zero-order valence-corrected chi connectivity index (χ0v) is 13.8. The van der Waals surface area contributed by atoms with Crippen molar-refractivity contribution < 1.29 is 31.5 Å². The molecule has 6 nitrogen and oxygen atoms in total. The number of sulfonamides is 1. The number of Topliss-reactive ketones (excluding diaryl/α,β-unsaturated/α-hetero) is 1. The Bertz CT molecular complexity index is 911. The van der Waals surface area contributed by atoms with E-state index in [9.17, 15) is 26.8 Å². The van der Waals surface area contributed by atoms with Crippen LogP contribution in [-0.2, 0) is 14.8 Å². The first-order valence-corrected chi connectivity index (χ1v) is 8.78. The second-order valence-electron chi connectivity index (χ2n) is 5.08. The lowest BCUT2D eigenvalue weighted by Crippen LogP contribution is -2.16. The van der Waals surface area contributed by atoms with Crippen LogP contribution in [0.2, 0.25) is 0 Å². The van der Waals surface area contributed by atoms with Gasteiger partial charge in [0.15, 0.2) is 6.61 Å². The number of ketones is 1. The van der Waals surface area contributed by atoms with Gasteiger partial charge in [-0.3, -0.25) is 9.52 Å². The molecule has 0 aliphatic rings. The van der Waals surface area contributed by atoms with Gasteiger partial charge in [-0.25, -0.2) is 22.0 Å². The largest absolute Gasteiger partial charge is 0.454 e. The highest BCUT2D eigenvalue weighted by molar-refractivity contribution is 7.92. The number of nitrogens with one attached hydrogen (secondary N) is 1. The van der Waals surface area contributed by atoms with Gasteiger partial charge in [-0.05, 0) is 42.5 Å². The molecule has 0 aromatic heterocycles. The van der Waals surface area contributed by atoms with E-state index in [1.54, 1.807) is 0 Å². The Labute approximate surface area is 142 Å².